The van der Waals surface area contributed by atoms with Gasteiger partial charge < -0.3 is 20.1 Å². The minimum absolute atomic E-state index is 0.0505. The molecule has 0 bridgehead atoms. The summed E-state index contributed by atoms with van der Waals surface area (Å²) >= 11 is 0. The molecule has 7 heteroatoms. The number of alkyl carbamates (subject to hydrolysis) is 1. The summed E-state index contributed by atoms with van der Waals surface area (Å²) in [5, 5.41) is 12.3. The lowest BCUT2D eigenvalue weighted by Gasteiger charge is -2.41. The van der Waals surface area contributed by atoms with Crippen molar-refractivity contribution in [2.24, 2.45) is 0 Å². The van der Waals surface area contributed by atoms with Crippen molar-refractivity contribution in [3.05, 3.63) is 59.7 Å². The van der Waals surface area contributed by atoms with Crippen molar-refractivity contribution in [2.45, 2.75) is 68.9 Å². The molecule has 2 fully saturated rings. The van der Waals surface area contributed by atoms with Crippen LogP contribution in [-0.4, -0.2) is 52.7 Å². The molecule has 7 nitrogen and oxygen atoms in total. The number of benzene rings is 2. The molecule has 0 unspecified atom stereocenters. The van der Waals surface area contributed by atoms with Gasteiger partial charge in [-0.25, -0.2) is 4.79 Å². The van der Waals surface area contributed by atoms with E-state index in [1.165, 1.54) is 0 Å². The van der Waals surface area contributed by atoms with Crippen LogP contribution >= 0.6 is 0 Å². The molecule has 0 radical (unpaired) electrons. The molecule has 1 saturated heterocycles. The molecule has 3 aliphatic rings. The van der Waals surface area contributed by atoms with Gasteiger partial charge in [0.2, 0.25) is 5.91 Å². The molecule has 0 aromatic heterocycles. The van der Waals surface area contributed by atoms with Crippen molar-refractivity contribution in [2.75, 3.05) is 13.2 Å². The number of ether oxygens (including phenoxy) is 1. The van der Waals surface area contributed by atoms with Crippen LogP contribution in [0.1, 0.15) is 68.4 Å². The van der Waals surface area contributed by atoms with Gasteiger partial charge in [-0.2, -0.15) is 0 Å². The summed E-state index contributed by atoms with van der Waals surface area (Å²) in [5.74, 6) is -1.11. The Morgan fingerprint density at radius 2 is 1.57 bits per heavy atom. The number of carbonyl (C=O) groups excluding carboxylic acids is 2. The van der Waals surface area contributed by atoms with Crippen LogP contribution in [0.25, 0.3) is 11.1 Å². The third-order valence-electron chi connectivity index (χ3n) is 7.85. The summed E-state index contributed by atoms with van der Waals surface area (Å²) in [6.07, 6.45) is 4.57. The largest absolute Gasteiger partial charge is 0.481 e. The molecule has 1 atom stereocenters. The second-order valence-electron chi connectivity index (χ2n) is 9.99. The molecule has 2 aliphatic carbocycles. The molecule has 1 saturated carbocycles. The van der Waals surface area contributed by atoms with Crippen molar-refractivity contribution in [3.8, 4) is 11.1 Å². The number of hydrogen-bond donors (Lipinski definition) is 2. The van der Waals surface area contributed by atoms with E-state index in [9.17, 15) is 19.5 Å². The maximum absolute atomic E-state index is 13.7. The van der Waals surface area contributed by atoms with Crippen LogP contribution in [0.4, 0.5) is 4.79 Å². The first kappa shape index (κ1) is 23.4. The summed E-state index contributed by atoms with van der Waals surface area (Å²) < 4.78 is 5.74. The minimum Gasteiger partial charge on any atom is -0.481 e. The summed E-state index contributed by atoms with van der Waals surface area (Å²) in [4.78, 5) is 39.8. The Morgan fingerprint density at radius 3 is 2.20 bits per heavy atom. The maximum Gasteiger partial charge on any atom is 0.408 e. The fourth-order valence-corrected chi connectivity index (χ4v) is 6.16. The predicted molar refractivity (Wildman–Crippen MR) is 131 cm³/mol. The van der Waals surface area contributed by atoms with Gasteiger partial charge in [0.25, 0.3) is 0 Å². The smallest absolute Gasteiger partial charge is 0.408 e. The zero-order valence-corrected chi connectivity index (χ0v) is 19.9. The molecule has 2 N–H and O–H groups in total. The molecule has 2 aromatic carbocycles. The van der Waals surface area contributed by atoms with E-state index in [1.54, 1.807) is 4.90 Å². The highest BCUT2D eigenvalue weighted by molar-refractivity contribution is 5.91. The van der Waals surface area contributed by atoms with Gasteiger partial charge in [0.15, 0.2) is 0 Å². The highest BCUT2D eigenvalue weighted by Crippen LogP contribution is 2.44. The van der Waals surface area contributed by atoms with Crippen LogP contribution in [0.15, 0.2) is 48.5 Å². The van der Waals surface area contributed by atoms with Gasteiger partial charge in [-0.05, 0) is 54.4 Å². The molecule has 1 aliphatic heterocycles. The quantitative estimate of drug-likeness (QED) is 0.630. The average molecular weight is 477 g/mol. The number of piperidine rings is 1. The minimum atomic E-state index is -1.02. The van der Waals surface area contributed by atoms with Crippen LogP contribution in [0.5, 0.6) is 0 Å². The zero-order chi connectivity index (χ0) is 24.4. The first-order valence-electron chi connectivity index (χ1n) is 12.6. The molecular weight excluding hydrogens is 444 g/mol. The van der Waals surface area contributed by atoms with Gasteiger partial charge in [-0.1, -0.05) is 61.4 Å². The second-order valence-corrected chi connectivity index (χ2v) is 9.99. The van der Waals surface area contributed by atoms with E-state index < -0.39 is 17.6 Å². The number of carboxylic acids is 1. The molecule has 5 rings (SSSR count). The second kappa shape index (κ2) is 9.72. The lowest BCUT2D eigenvalue weighted by molar-refractivity contribution is -0.145. The SMILES string of the molecule is O=C(O)C[C@H]1CCCCN1C(=O)C1(NC(=O)OCC2c3ccccc3-c3ccccc32)CCCC1. The third-order valence-corrected chi connectivity index (χ3v) is 7.85. The van der Waals surface area contributed by atoms with Crippen molar-refractivity contribution in [1.29, 1.82) is 0 Å². The highest BCUT2D eigenvalue weighted by Gasteiger charge is 2.47. The van der Waals surface area contributed by atoms with Crippen molar-refractivity contribution >= 4 is 18.0 Å². The number of fused-ring (bicyclic) bond motifs is 3. The standard InChI is InChI=1S/C28H32N2O5/c31-25(32)17-19-9-5-8-16-30(19)26(33)28(14-6-7-15-28)29-27(34)35-18-24-22-12-3-1-10-20(22)21-11-2-4-13-23(21)24/h1-4,10-13,19,24H,5-9,14-18H2,(H,29,34)(H,31,32)/t19-/m1/s1. The summed E-state index contributed by atoms with van der Waals surface area (Å²) in [6.45, 7) is 0.723. The highest BCUT2D eigenvalue weighted by atomic mass is 16.5. The topological polar surface area (TPSA) is 95.9 Å². The number of nitrogens with one attached hydrogen (secondary N) is 1. The third kappa shape index (κ3) is 4.51. The van der Waals surface area contributed by atoms with Gasteiger partial charge in [-0.15, -0.1) is 0 Å². The first-order valence-corrected chi connectivity index (χ1v) is 12.6. The number of carboxylic acid groups (broad SMARTS) is 1. The van der Waals surface area contributed by atoms with E-state index >= 15 is 0 Å². The molecule has 35 heavy (non-hydrogen) atoms. The van der Waals surface area contributed by atoms with Gasteiger partial charge in [0, 0.05) is 18.5 Å². The Kier molecular flexibility index (Phi) is 6.50. The lowest BCUT2D eigenvalue weighted by Crippen LogP contribution is -2.61. The van der Waals surface area contributed by atoms with Crippen LogP contribution in [-0.2, 0) is 14.3 Å². The Morgan fingerprint density at radius 1 is 0.943 bits per heavy atom. The van der Waals surface area contributed by atoms with Crippen molar-refractivity contribution in [3.63, 3.8) is 0 Å². The van der Waals surface area contributed by atoms with Crippen LogP contribution in [0, 0.1) is 0 Å². The summed E-state index contributed by atoms with van der Waals surface area (Å²) in [5.41, 5.74) is 3.58. The zero-order valence-electron chi connectivity index (χ0n) is 19.9. The molecule has 2 aromatic rings. The van der Waals surface area contributed by atoms with E-state index in [4.69, 9.17) is 4.74 Å². The van der Waals surface area contributed by atoms with Gasteiger partial charge >= 0.3 is 12.1 Å². The fraction of sp³-hybridized carbons (Fsp3) is 0.464. The van der Waals surface area contributed by atoms with Gasteiger partial charge in [0.05, 0.1) is 6.42 Å². The Hall–Kier alpha value is -3.35. The predicted octanol–water partition coefficient (Wildman–Crippen LogP) is 4.69. The number of likely N-dealkylation sites (tertiary alicyclic amines) is 1. The molecule has 184 valence electrons. The summed E-state index contributed by atoms with van der Waals surface area (Å²) in [6, 6.07) is 16.0. The van der Waals surface area contributed by atoms with Crippen LogP contribution in [0.3, 0.4) is 0 Å². The van der Waals surface area contributed by atoms with E-state index in [0.717, 1.165) is 47.9 Å². The molecule has 0 spiro atoms. The number of hydrogen-bond acceptors (Lipinski definition) is 4. The molecule has 1 heterocycles. The van der Waals surface area contributed by atoms with Crippen molar-refractivity contribution in [1.82, 2.24) is 10.2 Å². The van der Waals surface area contributed by atoms with Gasteiger partial charge in [0.1, 0.15) is 12.1 Å². The molecular formula is C28H32N2O5. The Balaban J connectivity index is 1.29. The Bertz CT molecular complexity index is 1080. The number of amides is 2. The Labute approximate surface area is 205 Å². The number of nitrogens with zero attached hydrogens (tertiary/aromatic N) is 1. The number of carbonyl (C=O) groups is 3. The monoisotopic (exact) mass is 476 g/mol. The van der Waals surface area contributed by atoms with E-state index in [0.29, 0.717) is 25.8 Å². The van der Waals surface area contributed by atoms with Crippen molar-refractivity contribution < 1.29 is 24.2 Å². The number of aliphatic carboxylic acids is 1. The first-order chi connectivity index (χ1) is 17.0. The normalized spacial score (nSPS) is 20.7. The van der Waals surface area contributed by atoms with Crippen LogP contribution < -0.4 is 5.32 Å². The molecule has 2 amide bonds. The average Bonchev–Trinajstić information content (AvgIpc) is 3.46. The number of rotatable bonds is 6. The van der Waals surface area contributed by atoms with E-state index in [1.807, 2.05) is 24.3 Å². The lowest BCUT2D eigenvalue weighted by atomic mass is 9.91. The van der Waals surface area contributed by atoms with E-state index in [-0.39, 0.29) is 30.9 Å². The fourth-order valence-electron chi connectivity index (χ4n) is 6.16. The maximum atomic E-state index is 13.7. The van der Waals surface area contributed by atoms with Crippen LogP contribution in [0.2, 0.25) is 0 Å². The van der Waals surface area contributed by atoms with E-state index in [2.05, 4.69) is 29.6 Å². The van der Waals surface area contributed by atoms with Gasteiger partial charge in [-0.3, -0.25) is 9.59 Å². The summed E-state index contributed by atoms with van der Waals surface area (Å²) in [7, 11) is 0.